The maximum atomic E-state index is 12.8. The first-order valence-electron chi connectivity index (χ1n) is 4.84. The van der Waals surface area contributed by atoms with E-state index < -0.39 is 24.1 Å². The van der Waals surface area contributed by atoms with Gasteiger partial charge in [0.05, 0.1) is 0 Å². The summed E-state index contributed by atoms with van der Waals surface area (Å²) in [6.07, 6.45) is 0. The fourth-order valence-corrected chi connectivity index (χ4v) is 2.38. The van der Waals surface area contributed by atoms with Gasteiger partial charge in [0.25, 0.3) is 0 Å². The zero-order chi connectivity index (χ0) is 12.1. The summed E-state index contributed by atoms with van der Waals surface area (Å²) in [5.74, 6) is 0.168. The van der Waals surface area contributed by atoms with Gasteiger partial charge in [0, 0.05) is 0 Å². The average molecular weight is 384 g/mol. The first-order valence-corrected chi connectivity index (χ1v) is 6.84. The van der Waals surface area contributed by atoms with Crippen molar-refractivity contribution in [3.8, 4) is 11.5 Å². The van der Waals surface area contributed by atoms with Crippen molar-refractivity contribution >= 4 is 0 Å². The quantitative estimate of drug-likeness (QED) is 0.573. The minimum Gasteiger partial charge on any atom is -1.00 e. The fraction of sp³-hybridized carbons (Fsp3) is 0. The molecule has 0 bridgehead atoms. The van der Waals surface area contributed by atoms with Crippen molar-refractivity contribution in [3.05, 3.63) is 60.2 Å². The topological polar surface area (TPSA) is 18.5 Å². The summed E-state index contributed by atoms with van der Waals surface area (Å²) >= 11 is -1.63. The molecule has 0 saturated carbocycles. The zero-order valence-corrected chi connectivity index (χ0v) is 13.4. The fourth-order valence-electron chi connectivity index (χ4n) is 1.18. The molecule has 0 heterocycles. The Morgan fingerprint density at radius 3 is 1.53 bits per heavy atom. The van der Waals surface area contributed by atoms with Crippen LogP contribution in [0.25, 0.3) is 0 Å². The summed E-state index contributed by atoms with van der Waals surface area (Å²) < 4.78 is 36.3. The van der Waals surface area contributed by atoms with Gasteiger partial charge in [0.2, 0.25) is 0 Å². The minimum absolute atomic E-state index is 0. The average Bonchev–Trinajstić information content (AvgIpc) is 2.29. The van der Waals surface area contributed by atoms with Gasteiger partial charge in [-0.2, -0.15) is 0 Å². The molecule has 100 valence electrons. The van der Waals surface area contributed by atoms with E-state index in [1.54, 1.807) is 24.3 Å². The molecule has 0 spiro atoms. The molecular formula is C12H8Cl2F2O2Zr. The van der Waals surface area contributed by atoms with Gasteiger partial charge in [-0.25, -0.2) is 0 Å². The van der Waals surface area contributed by atoms with Crippen LogP contribution in [0.4, 0.5) is 8.78 Å². The molecule has 2 aromatic carbocycles. The van der Waals surface area contributed by atoms with Crippen LogP contribution in [-0.4, -0.2) is 0 Å². The van der Waals surface area contributed by atoms with Crippen LogP contribution in [-0.2, 0) is 24.1 Å². The molecule has 0 N–H and O–H groups in total. The summed E-state index contributed by atoms with van der Waals surface area (Å²) in [5.41, 5.74) is 0. The van der Waals surface area contributed by atoms with Crippen LogP contribution in [0.1, 0.15) is 0 Å². The summed E-state index contributed by atoms with van der Waals surface area (Å²) in [5, 5.41) is 0. The van der Waals surface area contributed by atoms with Crippen molar-refractivity contribution in [1.82, 2.24) is 0 Å². The molecule has 7 heteroatoms. The maximum Gasteiger partial charge on any atom is -1.00 e. The summed E-state index contributed by atoms with van der Waals surface area (Å²) in [7, 11) is 0. The van der Waals surface area contributed by atoms with Gasteiger partial charge in [0.1, 0.15) is 0 Å². The molecule has 0 unspecified atom stereocenters. The Kier molecular flexibility index (Phi) is 8.98. The number of rotatable bonds is 4. The molecule has 19 heavy (non-hydrogen) atoms. The van der Waals surface area contributed by atoms with E-state index in [1.165, 1.54) is 24.3 Å². The van der Waals surface area contributed by atoms with Crippen LogP contribution >= 0.6 is 0 Å². The Hall–Kier alpha value is -0.637. The first-order chi connectivity index (χ1) is 8.24. The third kappa shape index (κ3) is 6.37. The Morgan fingerprint density at radius 2 is 1.16 bits per heavy atom. The largest absolute Gasteiger partial charge is 1.00 e. The predicted molar refractivity (Wildman–Crippen MR) is 54.1 cm³/mol. The molecule has 0 fully saturated rings. The molecular weight excluding hydrogens is 376 g/mol. The van der Waals surface area contributed by atoms with E-state index in [1.807, 2.05) is 0 Å². The standard InChI is InChI=1S/2C6H5FO.2ClH.Zr/c2*7-5-2-1-3-6(8)4-5;;;/h2*1-4,8H;2*1H;/q;;;;+4/p-4. The normalized spacial score (nSPS) is 8.53. The van der Waals surface area contributed by atoms with E-state index >= 15 is 0 Å². The molecule has 0 aliphatic carbocycles. The SMILES string of the molecule is Fc1cccc([O][Zr+2][O]c2cccc(F)c2)c1.[Cl-].[Cl-]. The first kappa shape index (κ1) is 18.4. The van der Waals surface area contributed by atoms with Crippen molar-refractivity contribution in [2.24, 2.45) is 0 Å². The van der Waals surface area contributed by atoms with Gasteiger partial charge in [0.15, 0.2) is 0 Å². The Morgan fingerprint density at radius 1 is 0.737 bits per heavy atom. The summed E-state index contributed by atoms with van der Waals surface area (Å²) in [4.78, 5) is 0. The zero-order valence-electron chi connectivity index (χ0n) is 9.45. The van der Waals surface area contributed by atoms with Crippen LogP contribution in [0, 0.1) is 11.6 Å². The second-order valence-corrected chi connectivity index (χ2v) is 4.62. The second-order valence-electron chi connectivity index (χ2n) is 3.20. The smallest absolute Gasteiger partial charge is 1.00 e. The Bertz CT molecular complexity index is 469. The van der Waals surface area contributed by atoms with E-state index in [4.69, 9.17) is 5.63 Å². The van der Waals surface area contributed by atoms with E-state index in [0.29, 0.717) is 11.5 Å². The van der Waals surface area contributed by atoms with Gasteiger partial charge in [-0.1, -0.05) is 0 Å². The molecule has 0 aliphatic rings. The van der Waals surface area contributed by atoms with Gasteiger partial charge in [-0.05, 0) is 0 Å². The van der Waals surface area contributed by atoms with E-state index in [9.17, 15) is 8.78 Å². The minimum atomic E-state index is -1.63. The predicted octanol–water partition coefficient (Wildman–Crippen LogP) is -2.66. The van der Waals surface area contributed by atoms with Crippen LogP contribution < -0.4 is 30.4 Å². The molecule has 2 nitrogen and oxygen atoms in total. The summed E-state index contributed by atoms with van der Waals surface area (Å²) in [6.45, 7) is 0. The molecule has 2 rings (SSSR count). The van der Waals surface area contributed by atoms with Crippen LogP contribution in [0.5, 0.6) is 11.5 Å². The van der Waals surface area contributed by atoms with Gasteiger partial charge in [-0.15, -0.1) is 0 Å². The van der Waals surface area contributed by atoms with Gasteiger partial charge < -0.3 is 24.8 Å². The van der Waals surface area contributed by atoms with Crippen molar-refractivity contribution in [1.29, 1.82) is 0 Å². The number of halogens is 4. The van der Waals surface area contributed by atoms with E-state index in [2.05, 4.69) is 0 Å². The molecule has 0 aromatic heterocycles. The van der Waals surface area contributed by atoms with Crippen molar-refractivity contribution in [3.63, 3.8) is 0 Å². The van der Waals surface area contributed by atoms with Crippen molar-refractivity contribution in [2.45, 2.75) is 0 Å². The van der Waals surface area contributed by atoms with Gasteiger partial charge >= 0.3 is 110 Å². The van der Waals surface area contributed by atoms with Crippen molar-refractivity contribution < 1.29 is 63.3 Å². The van der Waals surface area contributed by atoms with Gasteiger partial charge in [-0.3, -0.25) is 0 Å². The third-order valence-electron chi connectivity index (χ3n) is 1.91. The molecule has 0 aliphatic heterocycles. The second kappa shape index (κ2) is 9.30. The Balaban J connectivity index is 0.00000162. The molecule has 0 radical (unpaired) electrons. The number of hydrogen-bond donors (Lipinski definition) is 0. The molecule has 0 atom stereocenters. The van der Waals surface area contributed by atoms with Crippen molar-refractivity contribution in [2.75, 3.05) is 0 Å². The van der Waals surface area contributed by atoms with E-state index in [0.717, 1.165) is 0 Å². The third-order valence-corrected chi connectivity index (χ3v) is 3.48. The summed E-state index contributed by atoms with van der Waals surface area (Å²) in [6, 6.07) is 11.7. The molecule has 0 amide bonds. The molecule has 0 saturated heterocycles. The number of benzene rings is 2. The monoisotopic (exact) mass is 382 g/mol. The number of hydrogen-bond acceptors (Lipinski definition) is 2. The Labute approximate surface area is 134 Å². The van der Waals surface area contributed by atoms with Crippen LogP contribution in [0.3, 0.4) is 0 Å². The maximum absolute atomic E-state index is 12.8. The molecule has 2 aromatic rings. The van der Waals surface area contributed by atoms with Crippen LogP contribution in [0.15, 0.2) is 48.5 Å². The van der Waals surface area contributed by atoms with Crippen LogP contribution in [0.2, 0.25) is 0 Å². The van der Waals surface area contributed by atoms with E-state index in [-0.39, 0.29) is 36.4 Å².